The van der Waals surface area contributed by atoms with E-state index in [2.05, 4.69) is 37.7 Å². The van der Waals surface area contributed by atoms with E-state index in [1.807, 2.05) is 16.7 Å². The highest BCUT2D eigenvalue weighted by molar-refractivity contribution is 7.92. The number of nitriles is 1. The van der Waals surface area contributed by atoms with Crippen LogP contribution in [-0.2, 0) is 29.5 Å². The van der Waals surface area contributed by atoms with Crippen LogP contribution in [0.25, 0.3) is 21.1 Å². The van der Waals surface area contributed by atoms with Crippen LogP contribution in [0.1, 0.15) is 29.0 Å². The molecule has 0 amide bonds. The molecule has 6 rings (SSSR count). The summed E-state index contributed by atoms with van der Waals surface area (Å²) in [4.78, 5) is 13.6. The Balaban J connectivity index is 1.06. The van der Waals surface area contributed by atoms with Crippen LogP contribution in [-0.4, -0.2) is 100 Å². The summed E-state index contributed by atoms with van der Waals surface area (Å²) in [5.74, 6) is 0.697. The second-order valence-corrected chi connectivity index (χ2v) is 14.9. The smallest absolute Gasteiger partial charge is 0.393 e. The van der Waals surface area contributed by atoms with E-state index >= 15 is 0 Å². The molecule has 0 atom stereocenters. The number of thiophene rings is 1. The summed E-state index contributed by atoms with van der Waals surface area (Å²) in [5.41, 5.74) is 2.02. The molecule has 2 N–H and O–H groups in total. The van der Waals surface area contributed by atoms with Gasteiger partial charge in [0, 0.05) is 92.2 Å². The summed E-state index contributed by atoms with van der Waals surface area (Å²) in [6, 6.07) is 9.35. The molecule has 47 heavy (non-hydrogen) atoms. The maximum atomic E-state index is 12.9. The Morgan fingerprint density at radius 1 is 1.06 bits per heavy atom. The highest BCUT2D eigenvalue weighted by Crippen LogP contribution is 2.34. The summed E-state index contributed by atoms with van der Waals surface area (Å²) < 4.78 is 66.2. The minimum atomic E-state index is -4.28. The van der Waals surface area contributed by atoms with Crippen LogP contribution in [0.2, 0.25) is 0 Å². The molecule has 5 heterocycles. The molecule has 0 bridgehead atoms. The van der Waals surface area contributed by atoms with Crippen molar-refractivity contribution in [1.29, 1.82) is 5.26 Å². The van der Waals surface area contributed by atoms with Gasteiger partial charge in [-0.1, -0.05) is 6.58 Å². The number of nitrogens with one attached hydrogen (secondary N) is 1. The maximum absolute atomic E-state index is 12.9. The van der Waals surface area contributed by atoms with Gasteiger partial charge in [0.15, 0.2) is 0 Å². The number of hydrogen-bond acceptors (Lipinski definition) is 10. The number of rotatable bonds is 10. The van der Waals surface area contributed by atoms with E-state index in [1.54, 1.807) is 6.07 Å². The number of aromatic hydroxyl groups is 1. The molecule has 4 aromatic rings. The molecule has 2 aliphatic heterocycles. The molecule has 1 aromatic carbocycles. The van der Waals surface area contributed by atoms with E-state index in [0.29, 0.717) is 67.5 Å². The largest absolute Gasteiger partial charge is 0.508 e. The molecular weight excluding hydrogens is 654 g/mol. The number of phenolic OH excluding ortho intramolecular Hbond substituents is 1. The van der Waals surface area contributed by atoms with E-state index in [0.717, 1.165) is 59.1 Å². The van der Waals surface area contributed by atoms with Crippen molar-refractivity contribution in [2.75, 3.05) is 51.1 Å². The lowest BCUT2D eigenvalue weighted by atomic mass is 10.0. The Hall–Kier alpha value is -3.75. The number of nitrogens with zero attached hydrogens (tertiary/aromatic N) is 7. The molecule has 250 valence electrons. The molecule has 0 saturated carbocycles. The zero-order chi connectivity index (χ0) is 33.3. The second-order valence-electron chi connectivity index (χ2n) is 11.9. The molecule has 11 nitrogen and oxygen atoms in total. The average molecular weight is 689 g/mol. The highest BCUT2D eigenvalue weighted by atomic mass is 32.2. The van der Waals surface area contributed by atoms with Crippen LogP contribution in [0.3, 0.4) is 0 Å². The molecule has 2 saturated heterocycles. The van der Waals surface area contributed by atoms with Crippen molar-refractivity contribution in [3.05, 3.63) is 58.7 Å². The lowest BCUT2D eigenvalue weighted by Gasteiger charge is -2.33. The maximum Gasteiger partial charge on any atom is 0.393 e. The van der Waals surface area contributed by atoms with Crippen molar-refractivity contribution < 1.29 is 26.7 Å². The average Bonchev–Trinajstić information content (AvgIpc) is 3.60. The first-order valence-electron chi connectivity index (χ1n) is 15.3. The van der Waals surface area contributed by atoms with Gasteiger partial charge in [-0.15, -0.1) is 11.3 Å². The monoisotopic (exact) mass is 688 g/mol. The third kappa shape index (κ3) is 7.54. The number of likely N-dealkylation sites (tertiary alicyclic amines) is 1. The van der Waals surface area contributed by atoms with Gasteiger partial charge in [0.2, 0.25) is 10.0 Å². The summed E-state index contributed by atoms with van der Waals surface area (Å²) in [6.07, 6.45) is -2.32. The molecule has 2 fully saturated rings. The summed E-state index contributed by atoms with van der Waals surface area (Å²) in [5, 5.41) is 26.7. The van der Waals surface area contributed by atoms with Gasteiger partial charge < -0.3 is 15.0 Å². The summed E-state index contributed by atoms with van der Waals surface area (Å²) in [7, 11) is -3.43. The second kappa shape index (κ2) is 13.4. The molecule has 0 aliphatic carbocycles. The lowest BCUT2D eigenvalue weighted by molar-refractivity contribution is -0.126. The van der Waals surface area contributed by atoms with Gasteiger partial charge in [0.05, 0.1) is 17.3 Å². The first kappa shape index (κ1) is 33.2. The number of anilines is 1. The van der Waals surface area contributed by atoms with Crippen molar-refractivity contribution in [2.24, 2.45) is 0 Å². The van der Waals surface area contributed by atoms with Crippen molar-refractivity contribution in [2.45, 2.75) is 44.6 Å². The number of piperazine rings is 1. The van der Waals surface area contributed by atoms with E-state index in [-0.39, 0.29) is 16.7 Å². The van der Waals surface area contributed by atoms with Crippen LogP contribution in [0.15, 0.2) is 42.6 Å². The molecule has 0 radical (unpaired) electrons. The number of fused-ring (bicyclic) bond motifs is 2. The van der Waals surface area contributed by atoms with Gasteiger partial charge in [0.25, 0.3) is 0 Å². The number of alkyl halides is 3. The fourth-order valence-corrected chi connectivity index (χ4v) is 8.24. The molecule has 2 aliphatic rings. The molecule has 0 unspecified atom stereocenters. The van der Waals surface area contributed by atoms with Crippen LogP contribution in [0.4, 0.5) is 19.0 Å². The number of hydrogen-bond donors (Lipinski definition) is 2. The normalized spacial score (nSPS) is 17.7. The first-order chi connectivity index (χ1) is 22.4. The number of halogens is 3. The van der Waals surface area contributed by atoms with Crippen LogP contribution in [0, 0.1) is 11.3 Å². The SMILES string of the molecule is C=CS(=O)(=O)N1CCN(CCn2c(C#N)cc3cc(CN4CCC(Nc5ncnc6sc(CC(F)(F)F)cc56)CC4)c(O)cc32)CC1. The van der Waals surface area contributed by atoms with Crippen molar-refractivity contribution in [3.8, 4) is 11.8 Å². The Morgan fingerprint density at radius 3 is 2.49 bits per heavy atom. The van der Waals surface area contributed by atoms with Gasteiger partial charge in [-0.25, -0.2) is 18.4 Å². The zero-order valence-electron chi connectivity index (χ0n) is 25.6. The Labute approximate surface area is 274 Å². The van der Waals surface area contributed by atoms with E-state index in [9.17, 15) is 32.0 Å². The third-order valence-corrected chi connectivity index (χ3v) is 11.4. The van der Waals surface area contributed by atoms with E-state index < -0.39 is 22.6 Å². The van der Waals surface area contributed by atoms with Crippen LogP contribution >= 0.6 is 11.3 Å². The standard InChI is InChI=1S/C31H35F3N8O3S2/c1-2-47(44,45)41-10-7-39(8-11-41)9-12-42-24(18-35)14-21-13-22(28(43)16-27(21)42)19-40-5-3-23(4-6-40)38-29-26-15-25(17-31(32,33)34)46-30(26)37-20-36-29/h2,13-16,20,23,43H,1,3-12,17,19H2,(H,36,37,38). The molecular formula is C31H35F3N8O3S2. The number of phenols is 1. The Morgan fingerprint density at radius 2 is 1.81 bits per heavy atom. The van der Waals surface area contributed by atoms with Gasteiger partial charge in [-0.3, -0.25) is 9.80 Å². The molecule has 16 heteroatoms. The van der Waals surface area contributed by atoms with Gasteiger partial charge >= 0.3 is 6.18 Å². The summed E-state index contributed by atoms with van der Waals surface area (Å²) >= 11 is 1.03. The fraction of sp³-hybridized carbons (Fsp3) is 0.452. The first-order valence-corrected chi connectivity index (χ1v) is 17.6. The fourth-order valence-electron chi connectivity index (χ4n) is 6.33. The minimum Gasteiger partial charge on any atom is -0.508 e. The van der Waals surface area contributed by atoms with Gasteiger partial charge in [-0.2, -0.15) is 22.7 Å². The van der Waals surface area contributed by atoms with Crippen LogP contribution in [0.5, 0.6) is 5.75 Å². The zero-order valence-corrected chi connectivity index (χ0v) is 27.2. The van der Waals surface area contributed by atoms with Crippen molar-refractivity contribution >= 4 is 48.3 Å². The van der Waals surface area contributed by atoms with E-state index in [4.69, 9.17) is 0 Å². The number of benzene rings is 1. The Bertz CT molecular complexity index is 1920. The predicted octanol–water partition coefficient (Wildman–Crippen LogP) is 4.50. The predicted molar refractivity (Wildman–Crippen MR) is 175 cm³/mol. The molecule has 3 aromatic heterocycles. The molecule has 0 spiro atoms. The van der Waals surface area contributed by atoms with Crippen LogP contribution < -0.4 is 5.32 Å². The van der Waals surface area contributed by atoms with Gasteiger partial charge in [0.1, 0.15) is 34.5 Å². The summed E-state index contributed by atoms with van der Waals surface area (Å²) in [6.45, 7) is 8.50. The van der Waals surface area contributed by atoms with E-state index in [1.165, 1.54) is 16.7 Å². The lowest BCUT2D eigenvalue weighted by Crippen LogP contribution is -2.48. The van der Waals surface area contributed by atoms with Crippen molar-refractivity contribution in [3.63, 3.8) is 0 Å². The minimum absolute atomic E-state index is 0.0907. The quantitative estimate of drug-likeness (QED) is 0.248. The Kier molecular flexibility index (Phi) is 9.45. The number of aromatic nitrogens is 3. The van der Waals surface area contributed by atoms with Crippen molar-refractivity contribution in [1.82, 2.24) is 28.6 Å². The van der Waals surface area contributed by atoms with Gasteiger partial charge in [-0.05, 0) is 31.0 Å². The highest BCUT2D eigenvalue weighted by Gasteiger charge is 2.30. The third-order valence-electron chi connectivity index (χ3n) is 8.84. The number of sulfonamides is 1. The topological polar surface area (TPSA) is 131 Å². The number of piperidine rings is 1.